The van der Waals surface area contributed by atoms with Crippen molar-refractivity contribution in [2.45, 2.75) is 51.5 Å². The van der Waals surface area contributed by atoms with Crippen LogP contribution in [0.5, 0.6) is 0 Å². The van der Waals surface area contributed by atoms with Gasteiger partial charge in [0.2, 0.25) is 0 Å². The summed E-state index contributed by atoms with van der Waals surface area (Å²) in [6.45, 7) is 4.02. The normalized spacial score (nSPS) is 20.2. The molecule has 1 unspecified atom stereocenters. The van der Waals surface area contributed by atoms with Crippen LogP contribution in [-0.4, -0.2) is 46.3 Å². The molecule has 0 amide bonds. The van der Waals surface area contributed by atoms with Gasteiger partial charge < -0.3 is 9.80 Å². The van der Waals surface area contributed by atoms with Crippen molar-refractivity contribution in [3.63, 3.8) is 0 Å². The predicted molar refractivity (Wildman–Crippen MR) is 99.1 cm³/mol. The van der Waals surface area contributed by atoms with Crippen molar-refractivity contribution in [2.24, 2.45) is 0 Å². The van der Waals surface area contributed by atoms with E-state index in [1.807, 2.05) is 19.1 Å². The minimum absolute atomic E-state index is 0.441. The van der Waals surface area contributed by atoms with Crippen LogP contribution >= 0.6 is 0 Å². The van der Waals surface area contributed by atoms with Crippen molar-refractivity contribution in [3.05, 3.63) is 35.4 Å². The zero-order valence-corrected chi connectivity index (χ0v) is 15.1. The third kappa shape index (κ3) is 3.30. The minimum atomic E-state index is 0.441. The monoisotopic (exact) mass is 338 g/mol. The zero-order valence-electron chi connectivity index (χ0n) is 15.1. The lowest BCUT2D eigenvalue weighted by Crippen LogP contribution is -2.47. The van der Waals surface area contributed by atoms with Crippen molar-refractivity contribution in [1.29, 1.82) is 0 Å². The van der Waals surface area contributed by atoms with Crippen molar-refractivity contribution in [3.8, 4) is 0 Å². The van der Waals surface area contributed by atoms with Gasteiger partial charge in [0, 0.05) is 43.6 Å². The van der Waals surface area contributed by atoms with Crippen LogP contribution in [0.15, 0.2) is 18.3 Å². The van der Waals surface area contributed by atoms with Crippen LogP contribution < -0.4 is 9.80 Å². The van der Waals surface area contributed by atoms with Crippen LogP contribution in [0.3, 0.4) is 0 Å². The topological polar surface area (TPSA) is 58.0 Å². The number of hydrogen-bond acceptors (Lipinski definition) is 6. The molecule has 132 valence electrons. The molecule has 0 saturated carbocycles. The molecule has 1 aliphatic carbocycles. The van der Waals surface area contributed by atoms with Crippen LogP contribution in [0, 0.1) is 6.92 Å². The predicted octanol–water partition coefficient (Wildman–Crippen LogP) is 2.56. The van der Waals surface area contributed by atoms with E-state index in [9.17, 15) is 0 Å². The lowest BCUT2D eigenvalue weighted by molar-refractivity contribution is 0.480. The first kappa shape index (κ1) is 16.2. The van der Waals surface area contributed by atoms with Crippen molar-refractivity contribution < 1.29 is 0 Å². The molecule has 1 saturated heterocycles. The third-order valence-electron chi connectivity index (χ3n) is 5.43. The van der Waals surface area contributed by atoms with Crippen molar-refractivity contribution in [2.75, 3.05) is 29.9 Å². The largest absolute Gasteiger partial charge is 0.355 e. The van der Waals surface area contributed by atoms with Crippen LogP contribution in [-0.2, 0) is 12.8 Å². The first-order valence-electron chi connectivity index (χ1n) is 9.34. The highest BCUT2D eigenvalue weighted by Crippen LogP contribution is 2.30. The fourth-order valence-corrected chi connectivity index (χ4v) is 4.10. The van der Waals surface area contributed by atoms with Crippen LogP contribution in [0.1, 0.15) is 42.8 Å². The highest BCUT2D eigenvalue weighted by Gasteiger charge is 2.28. The Balaban J connectivity index is 1.58. The Morgan fingerprint density at radius 1 is 1.16 bits per heavy atom. The molecule has 0 spiro atoms. The molecule has 0 N–H and O–H groups in total. The summed E-state index contributed by atoms with van der Waals surface area (Å²) >= 11 is 0. The number of rotatable bonds is 3. The van der Waals surface area contributed by atoms with E-state index >= 15 is 0 Å². The molecule has 1 fully saturated rings. The highest BCUT2D eigenvalue weighted by molar-refractivity contribution is 5.51. The molecule has 6 heteroatoms. The number of likely N-dealkylation sites (N-methyl/N-ethyl adjacent to an activating group) is 1. The number of aryl methyl sites for hydroxylation is 2. The van der Waals surface area contributed by atoms with Gasteiger partial charge in [0.1, 0.15) is 11.6 Å². The Morgan fingerprint density at radius 2 is 2.04 bits per heavy atom. The smallest absolute Gasteiger partial charge is 0.151 e. The van der Waals surface area contributed by atoms with Gasteiger partial charge in [0.15, 0.2) is 5.82 Å². The molecular weight excluding hydrogens is 312 g/mol. The Morgan fingerprint density at radius 3 is 2.88 bits per heavy atom. The average molecular weight is 338 g/mol. The van der Waals surface area contributed by atoms with Crippen molar-refractivity contribution >= 4 is 11.6 Å². The Hall–Kier alpha value is -2.24. The number of anilines is 2. The summed E-state index contributed by atoms with van der Waals surface area (Å²) in [5.74, 6) is 3.01. The number of hydrogen-bond donors (Lipinski definition) is 0. The molecule has 0 aromatic carbocycles. The molecule has 1 atom stereocenters. The second-order valence-electron chi connectivity index (χ2n) is 7.16. The van der Waals surface area contributed by atoms with E-state index in [0.29, 0.717) is 6.04 Å². The summed E-state index contributed by atoms with van der Waals surface area (Å²) in [5, 5.41) is 8.32. The fraction of sp³-hybridized carbons (Fsp3) is 0.579. The van der Waals surface area contributed by atoms with Gasteiger partial charge in [-0.3, -0.25) is 0 Å². The summed E-state index contributed by atoms with van der Waals surface area (Å²) < 4.78 is 0. The van der Waals surface area contributed by atoms with Gasteiger partial charge in [-0.2, -0.15) is 5.10 Å². The minimum Gasteiger partial charge on any atom is -0.355 e. The number of fused-ring (bicyclic) bond motifs is 1. The molecule has 0 radical (unpaired) electrons. The van der Waals surface area contributed by atoms with E-state index < -0.39 is 0 Å². The second-order valence-corrected chi connectivity index (χ2v) is 7.16. The van der Waals surface area contributed by atoms with Crippen LogP contribution in [0.2, 0.25) is 0 Å². The van der Waals surface area contributed by atoms with Gasteiger partial charge in [0.05, 0.1) is 0 Å². The van der Waals surface area contributed by atoms with Gasteiger partial charge in [-0.1, -0.05) is 0 Å². The lowest BCUT2D eigenvalue weighted by Gasteiger charge is -2.39. The van der Waals surface area contributed by atoms with Crippen LogP contribution in [0.25, 0.3) is 0 Å². The number of piperidine rings is 1. The Kier molecular flexibility index (Phi) is 4.51. The first-order chi connectivity index (χ1) is 12.2. The van der Waals surface area contributed by atoms with E-state index in [0.717, 1.165) is 49.8 Å². The zero-order chi connectivity index (χ0) is 17.2. The summed E-state index contributed by atoms with van der Waals surface area (Å²) in [5.41, 5.74) is 2.64. The summed E-state index contributed by atoms with van der Waals surface area (Å²) in [4.78, 5) is 14.3. The van der Waals surface area contributed by atoms with Crippen LogP contribution in [0.4, 0.5) is 11.6 Å². The molecular formula is C19H26N6. The second kappa shape index (κ2) is 6.94. The maximum absolute atomic E-state index is 4.83. The molecule has 2 aliphatic rings. The SMILES string of the molecule is Cc1nc2c(c(N(C)C3CCCN(c4cccnn4)C3)n1)CCCC2. The quantitative estimate of drug-likeness (QED) is 0.857. The fourth-order valence-electron chi connectivity index (χ4n) is 4.10. The maximum atomic E-state index is 4.83. The first-order valence-corrected chi connectivity index (χ1v) is 9.34. The number of nitrogens with zero attached hydrogens (tertiary/aromatic N) is 6. The van der Waals surface area contributed by atoms with Gasteiger partial charge in [-0.15, -0.1) is 5.10 Å². The molecule has 25 heavy (non-hydrogen) atoms. The molecule has 2 aromatic rings. The third-order valence-corrected chi connectivity index (χ3v) is 5.43. The van der Waals surface area contributed by atoms with E-state index in [-0.39, 0.29) is 0 Å². The molecule has 2 aromatic heterocycles. The average Bonchev–Trinajstić information content (AvgIpc) is 2.67. The molecule has 4 rings (SSSR count). The van der Waals surface area contributed by atoms with E-state index in [1.165, 1.54) is 30.5 Å². The summed E-state index contributed by atoms with van der Waals surface area (Å²) in [7, 11) is 2.20. The lowest BCUT2D eigenvalue weighted by atomic mass is 9.95. The maximum Gasteiger partial charge on any atom is 0.151 e. The highest BCUT2D eigenvalue weighted by atomic mass is 15.3. The summed E-state index contributed by atoms with van der Waals surface area (Å²) in [6, 6.07) is 4.45. The molecule has 3 heterocycles. The van der Waals surface area contributed by atoms with Gasteiger partial charge in [0.25, 0.3) is 0 Å². The van der Waals surface area contributed by atoms with E-state index in [4.69, 9.17) is 9.97 Å². The Labute approximate surface area is 149 Å². The Bertz CT molecular complexity index is 732. The standard InChI is InChI=1S/C19H26N6/c1-14-21-17-9-4-3-8-16(17)19(22-14)24(2)15-7-6-12-25(13-15)18-10-5-11-20-23-18/h5,10-11,15H,3-4,6-9,12-13H2,1-2H3. The van der Waals surface area contributed by atoms with Gasteiger partial charge >= 0.3 is 0 Å². The van der Waals surface area contributed by atoms with Gasteiger partial charge in [-0.25, -0.2) is 9.97 Å². The molecule has 6 nitrogen and oxygen atoms in total. The van der Waals surface area contributed by atoms with Crippen molar-refractivity contribution in [1.82, 2.24) is 20.2 Å². The summed E-state index contributed by atoms with van der Waals surface area (Å²) in [6.07, 6.45) is 8.77. The molecule has 0 bridgehead atoms. The molecule has 1 aliphatic heterocycles. The van der Waals surface area contributed by atoms with E-state index in [1.54, 1.807) is 6.20 Å². The number of aromatic nitrogens is 4. The van der Waals surface area contributed by atoms with Gasteiger partial charge in [-0.05, 0) is 57.6 Å². The van der Waals surface area contributed by atoms with E-state index in [2.05, 4.69) is 27.0 Å².